The van der Waals surface area contributed by atoms with Crippen LogP contribution in [0.3, 0.4) is 0 Å². The Labute approximate surface area is 163 Å². The summed E-state index contributed by atoms with van der Waals surface area (Å²) in [6.07, 6.45) is -0.948. The van der Waals surface area contributed by atoms with Gasteiger partial charge in [-0.2, -0.15) is 0 Å². The first-order valence-electron chi connectivity index (χ1n) is 7.48. The van der Waals surface area contributed by atoms with Crippen molar-refractivity contribution in [2.75, 3.05) is 0 Å². The molecule has 0 bridgehead atoms. The molecule has 0 fully saturated rings. The Bertz CT molecular complexity index is 667. The van der Waals surface area contributed by atoms with Gasteiger partial charge >= 0.3 is 32.9 Å². The minimum Gasteiger partial charge on any atom is -0.419 e. The Morgan fingerprint density at radius 1 is 0.517 bits per heavy atom. The van der Waals surface area contributed by atoms with E-state index in [4.69, 9.17) is 0 Å². The Morgan fingerprint density at radius 3 is 0.828 bits per heavy atom. The van der Waals surface area contributed by atoms with E-state index in [1.165, 1.54) is 0 Å². The van der Waals surface area contributed by atoms with Gasteiger partial charge in [0, 0.05) is 0 Å². The molecular formula is C16H16F4O8Si. The van der Waals surface area contributed by atoms with Gasteiger partial charge in [-0.1, -0.05) is 0 Å². The van der Waals surface area contributed by atoms with E-state index in [0.717, 1.165) is 27.7 Å². The van der Waals surface area contributed by atoms with Gasteiger partial charge in [0.1, 0.15) is 0 Å². The molecule has 0 aromatic heterocycles. The summed E-state index contributed by atoms with van der Waals surface area (Å²) in [5, 5.41) is 0. The molecule has 0 atom stereocenters. The van der Waals surface area contributed by atoms with Crippen LogP contribution in [0.4, 0.5) is 17.6 Å². The van der Waals surface area contributed by atoms with Crippen LogP contribution in [0.15, 0.2) is 47.6 Å². The minimum atomic E-state index is -5.59. The second-order valence-electron chi connectivity index (χ2n) is 5.23. The SMILES string of the molecule is CC(=CF)C(=O)O[Si](OC(=O)C(C)=CF)(OC(=O)C(C)=CF)OC(=O)C(C)=CF. The third-order valence-corrected chi connectivity index (χ3v) is 4.55. The summed E-state index contributed by atoms with van der Waals surface area (Å²) in [6, 6.07) is 0. The Morgan fingerprint density at radius 2 is 0.690 bits per heavy atom. The first-order valence-corrected chi connectivity index (χ1v) is 9.11. The van der Waals surface area contributed by atoms with Crippen molar-refractivity contribution in [2.45, 2.75) is 27.7 Å². The number of carbonyl (C=O) groups excluding carboxylic acids is 4. The third-order valence-electron chi connectivity index (χ3n) is 2.81. The molecule has 29 heavy (non-hydrogen) atoms. The second kappa shape index (κ2) is 11.6. The molecule has 0 aliphatic heterocycles. The van der Waals surface area contributed by atoms with Crippen LogP contribution in [0.25, 0.3) is 0 Å². The number of rotatable bonds is 8. The van der Waals surface area contributed by atoms with Gasteiger partial charge in [0.05, 0.1) is 47.6 Å². The summed E-state index contributed by atoms with van der Waals surface area (Å²) in [5.74, 6) is -6.45. The molecular weight excluding hydrogens is 424 g/mol. The van der Waals surface area contributed by atoms with Crippen LogP contribution in [-0.2, 0) is 36.9 Å². The Kier molecular flexibility index (Phi) is 10.3. The maximum atomic E-state index is 12.6. The molecule has 0 spiro atoms. The van der Waals surface area contributed by atoms with Crippen molar-refractivity contribution in [3.05, 3.63) is 47.6 Å². The van der Waals surface area contributed by atoms with Gasteiger partial charge in [-0.3, -0.25) is 0 Å². The highest BCUT2D eigenvalue weighted by Crippen LogP contribution is 2.21. The number of carbonyl (C=O) groups is 4. The van der Waals surface area contributed by atoms with Crippen LogP contribution in [0.1, 0.15) is 27.7 Å². The van der Waals surface area contributed by atoms with E-state index in [0.29, 0.717) is 0 Å². The average Bonchev–Trinajstić information content (AvgIpc) is 2.70. The molecule has 0 N–H and O–H groups in total. The quantitative estimate of drug-likeness (QED) is 0.322. The summed E-state index contributed by atoms with van der Waals surface area (Å²) < 4.78 is 68.8. The van der Waals surface area contributed by atoms with E-state index in [9.17, 15) is 36.7 Å². The molecule has 0 saturated carbocycles. The van der Waals surface area contributed by atoms with Crippen molar-refractivity contribution >= 4 is 32.9 Å². The van der Waals surface area contributed by atoms with Crippen molar-refractivity contribution < 1.29 is 54.4 Å². The van der Waals surface area contributed by atoms with Gasteiger partial charge in [0.25, 0.3) is 0 Å². The molecule has 0 heterocycles. The van der Waals surface area contributed by atoms with Gasteiger partial charge in [-0.25, -0.2) is 36.7 Å². The average molecular weight is 440 g/mol. The zero-order chi connectivity index (χ0) is 22.8. The van der Waals surface area contributed by atoms with Crippen LogP contribution in [0.5, 0.6) is 0 Å². The molecule has 0 aliphatic rings. The highest BCUT2D eigenvalue weighted by molar-refractivity contribution is 6.62. The molecule has 0 aliphatic carbocycles. The molecule has 160 valence electrons. The predicted octanol–water partition coefficient (Wildman–Crippen LogP) is 3.09. The zero-order valence-electron chi connectivity index (χ0n) is 15.6. The highest BCUT2D eigenvalue weighted by atomic mass is 28.4. The molecule has 8 nitrogen and oxygen atoms in total. The summed E-state index contributed by atoms with van der Waals surface area (Å²) in [5.41, 5.74) is -3.01. The van der Waals surface area contributed by atoms with E-state index >= 15 is 0 Å². The molecule has 0 rings (SSSR count). The molecule has 13 heteroatoms. The lowest BCUT2D eigenvalue weighted by Crippen LogP contribution is -2.54. The maximum absolute atomic E-state index is 12.6. The lowest BCUT2D eigenvalue weighted by molar-refractivity contribution is -0.158. The van der Waals surface area contributed by atoms with E-state index in [1.54, 1.807) is 0 Å². The van der Waals surface area contributed by atoms with Gasteiger partial charge in [0.15, 0.2) is 0 Å². The van der Waals surface area contributed by atoms with Gasteiger partial charge in [0.2, 0.25) is 0 Å². The van der Waals surface area contributed by atoms with E-state index in [-0.39, 0.29) is 25.3 Å². The molecule has 0 radical (unpaired) electrons. The highest BCUT2D eigenvalue weighted by Gasteiger charge is 2.63. The number of halogens is 4. The van der Waals surface area contributed by atoms with Crippen LogP contribution >= 0.6 is 0 Å². The maximum Gasteiger partial charge on any atom is 0.975 e. The Balaban J connectivity index is 6.40. The summed E-state index contributed by atoms with van der Waals surface area (Å²) in [4.78, 5) is 47.7. The van der Waals surface area contributed by atoms with Gasteiger partial charge in [-0.05, 0) is 27.7 Å². The Hall–Kier alpha value is -3.22. The zero-order valence-corrected chi connectivity index (χ0v) is 16.6. The molecule has 0 unspecified atom stereocenters. The smallest absolute Gasteiger partial charge is 0.419 e. The van der Waals surface area contributed by atoms with E-state index in [2.05, 4.69) is 17.7 Å². The fourth-order valence-corrected chi connectivity index (χ4v) is 2.88. The lowest BCUT2D eigenvalue weighted by atomic mass is 10.4. The van der Waals surface area contributed by atoms with Crippen LogP contribution in [0.2, 0.25) is 0 Å². The van der Waals surface area contributed by atoms with E-state index < -0.39 is 55.2 Å². The third kappa shape index (κ3) is 7.73. The first-order chi connectivity index (χ1) is 13.5. The molecule has 0 aromatic rings. The van der Waals surface area contributed by atoms with Crippen molar-refractivity contribution in [1.82, 2.24) is 0 Å². The van der Waals surface area contributed by atoms with Crippen LogP contribution in [0, 0.1) is 0 Å². The van der Waals surface area contributed by atoms with Crippen molar-refractivity contribution in [1.29, 1.82) is 0 Å². The lowest BCUT2D eigenvalue weighted by Gasteiger charge is -2.25. The normalized spacial score (nSPS) is 15.2. The van der Waals surface area contributed by atoms with Gasteiger partial charge < -0.3 is 17.7 Å². The fourth-order valence-electron chi connectivity index (χ4n) is 1.08. The second-order valence-corrected chi connectivity index (χ2v) is 7.04. The van der Waals surface area contributed by atoms with Crippen molar-refractivity contribution in [3.63, 3.8) is 0 Å². The summed E-state index contributed by atoms with van der Waals surface area (Å²) in [6.45, 7) is 3.55. The number of hydrogen-bond donors (Lipinski definition) is 0. The molecule has 0 saturated heterocycles. The topological polar surface area (TPSA) is 105 Å². The largest absolute Gasteiger partial charge is 0.975 e. The summed E-state index contributed by atoms with van der Waals surface area (Å²) in [7, 11) is -5.59. The van der Waals surface area contributed by atoms with Crippen molar-refractivity contribution in [2.24, 2.45) is 0 Å². The molecule has 0 aromatic carbocycles. The van der Waals surface area contributed by atoms with Crippen LogP contribution < -0.4 is 0 Å². The van der Waals surface area contributed by atoms with Gasteiger partial charge in [-0.15, -0.1) is 0 Å². The standard InChI is InChI=1S/C16H16F4O8Si/c1-9(5-17)13(21)25-29(26-14(22)10(2)6-18,27-15(23)11(3)7-19)28-16(24)12(4)8-20/h5-8H,1-4H3. The fraction of sp³-hybridized carbons (Fsp3) is 0.250. The summed E-state index contributed by atoms with van der Waals surface area (Å²) >= 11 is 0. The first kappa shape index (κ1) is 25.8. The predicted molar refractivity (Wildman–Crippen MR) is 89.6 cm³/mol. The van der Waals surface area contributed by atoms with E-state index in [1.807, 2.05) is 0 Å². The van der Waals surface area contributed by atoms with Crippen molar-refractivity contribution in [3.8, 4) is 0 Å². The number of hydrogen-bond acceptors (Lipinski definition) is 8. The monoisotopic (exact) mass is 440 g/mol. The van der Waals surface area contributed by atoms with Crippen LogP contribution in [-0.4, -0.2) is 32.9 Å². The molecule has 0 amide bonds. The minimum absolute atomic E-state index is 0.237.